The van der Waals surface area contributed by atoms with Gasteiger partial charge in [-0.15, -0.1) is 0 Å². The van der Waals surface area contributed by atoms with Crippen LogP contribution in [0.15, 0.2) is 48.7 Å². The van der Waals surface area contributed by atoms with E-state index in [0.29, 0.717) is 11.4 Å². The third-order valence-corrected chi connectivity index (χ3v) is 3.16. The molecule has 0 bridgehead atoms. The van der Waals surface area contributed by atoms with Gasteiger partial charge in [-0.2, -0.15) is 0 Å². The highest BCUT2D eigenvalue weighted by atomic mass is 16.3. The number of amides is 1. The number of nitrogens with one attached hydrogen (secondary N) is 1. The number of aliphatic hydroxyl groups is 1. The minimum Gasteiger partial charge on any atom is -0.394 e. The van der Waals surface area contributed by atoms with Gasteiger partial charge in [-0.25, -0.2) is 4.98 Å². The highest BCUT2D eigenvalue weighted by molar-refractivity contribution is 5.95. The first-order valence-corrected chi connectivity index (χ1v) is 6.72. The molecule has 0 spiro atoms. The first-order valence-electron chi connectivity index (χ1n) is 6.72. The monoisotopic (exact) mass is 285 g/mol. The van der Waals surface area contributed by atoms with E-state index in [-0.39, 0.29) is 12.5 Å². The normalized spacial score (nSPS) is 11.8. The van der Waals surface area contributed by atoms with Gasteiger partial charge in [0, 0.05) is 25.9 Å². The van der Waals surface area contributed by atoms with Crippen LogP contribution in [-0.4, -0.2) is 36.7 Å². The summed E-state index contributed by atoms with van der Waals surface area (Å²) >= 11 is 0. The number of rotatable bonds is 5. The minimum atomic E-state index is -0.422. The molecule has 1 amide bonds. The molecule has 21 heavy (non-hydrogen) atoms. The fourth-order valence-corrected chi connectivity index (χ4v) is 1.97. The predicted octanol–water partition coefficient (Wildman–Crippen LogP) is 1.61. The summed E-state index contributed by atoms with van der Waals surface area (Å²) in [6.45, 7) is -0.151. The summed E-state index contributed by atoms with van der Waals surface area (Å²) in [5.74, 6) is 0.478. The quantitative estimate of drug-likeness (QED) is 0.876. The van der Waals surface area contributed by atoms with Gasteiger partial charge in [0.25, 0.3) is 5.91 Å². The van der Waals surface area contributed by atoms with Gasteiger partial charge in [0.1, 0.15) is 5.82 Å². The zero-order valence-electron chi connectivity index (χ0n) is 12.2. The fourth-order valence-electron chi connectivity index (χ4n) is 1.97. The summed E-state index contributed by atoms with van der Waals surface area (Å²) in [7, 11) is 3.73. The highest BCUT2D eigenvalue weighted by Gasteiger charge is 2.15. The number of aromatic nitrogens is 1. The van der Waals surface area contributed by atoms with E-state index >= 15 is 0 Å². The molecule has 0 fully saturated rings. The number of anilines is 1. The molecule has 2 rings (SSSR count). The van der Waals surface area contributed by atoms with Gasteiger partial charge in [0.2, 0.25) is 0 Å². The largest absolute Gasteiger partial charge is 0.394 e. The van der Waals surface area contributed by atoms with E-state index in [9.17, 15) is 9.90 Å². The molecule has 0 aliphatic rings. The minimum absolute atomic E-state index is 0.151. The number of carbonyl (C=O) groups excluding carboxylic acids is 1. The average molecular weight is 285 g/mol. The summed E-state index contributed by atoms with van der Waals surface area (Å²) in [6.07, 6.45) is 1.60. The molecule has 0 saturated carbocycles. The molecule has 2 N–H and O–H groups in total. The SMILES string of the molecule is CN(C)c1cc(C(=O)N[C@@H](CO)c2ccccc2)ccn1. The molecule has 1 aromatic heterocycles. The lowest BCUT2D eigenvalue weighted by Crippen LogP contribution is -2.31. The van der Waals surface area contributed by atoms with E-state index in [4.69, 9.17) is 0 Å². The van der Waals surface area contributed by atoms with Crippen molar-refractivity contribution in [2.45, 2.75) is 6.04 Å². The molecule has 1 aromatic carbocycles. The molecular weight excluding hydrogens is 266 g/mol. The van der Waals surface area contributed by atoms with Gasteiger partial charge in [0.15, 0.2) is 0 Å². The van der Waals surface area contributed by atoms with Crippen molar-refractivity contribution in [3.05, 3.63) is 59.8 Å². The number of aliphatic hydroxyl groups excluding tert-OH is 1. The van der Waals surface area contributed by atoms with Crippen molar-refractivity contribution < 1.29 is 9.90 Å². The summed E-state index contributed by atoms with van der Waals surface area (Å²) in [4.78, 5) is 18.3. The number of pyridine rings is 1. The molecule has 0 unspecified atom stereocenters. The van der Waals surface area contributed by atoms with Crippen molar-refractivity contribution in [1.29, 1.82) is 0 Å². The Morgan fingerprint density at radius 3 is 2.62 bits per heavy atom. The van der Waals surface area contributed by atoms with Gasteiger partial charge in [0.05, 0.1) is 12.6 Å². The first kappa shape index (κ1) is 15.0. The van der Waals surface area contributed by atoms with Gasteiger partial charge in [-0.3, -0.25) is 4.79 Å². The van der Waals surface area contributed by atoms with Crippen molar-refractivity contribution in [1.82, 2.24) is 10.3 Å². The van der Waals surface area contributed by atoms with Crippen LogP contribution in [0.3, 0.4) is 0 Å². The Morgan fingerprint density at radius 2 is 2.00 bits per heavy atom. The average Bonchev–Trinajstić information content (AvgIpc) is 2.53. The van der Waals surface area contributed by atoms with Crippen LogP contribution in [0.25, 0.3) is 0 Å². The lowest BCUT2D eigenvalue weighted by Gasteiger charge is -2.17. The Hall–Kier alpha value is -2.40. The summed E-state index contributed by atoms with van der Waals surface area (Å²) < 4.78 is 0. The molecule has 5 heteroatoms. The molecule has 2 aromatic rings. The number of benzene rings is 1. The maximum Gasteiger partial charge on any atom is 0.252 e. The predicted molar refractivity (Wildman–Crippen MR) is 82.3 cm³/mol. The maximum atomic E-state index is 12.3. The molecule has 110 valence electrons. The Balaban J connectivity index is 2.15. The lowest BCUT2D eigenvalue weighted by atomic mass is 10.1. The molecule has 0 saturated heterocycles. The van der Waals surface area contributed by atoms with Crippen LogP contribution in [0.2, 0.25) is 0 Å². The lowest BCUT2D eigenvalue weighted by molar-refractivity contribution is 0.0916. The molecule has 0 aliphatic heterocycles. The molecule has 0 radical (unpaired) electrons. The van der Waals surface area contributed by atoms with Crippen molar-refractivity contribution in [2.75, 3.05) is 25.6 Å². The van der Waals surface area contributed by atoms with E-state index in [1.165, 1.54) is 0 Å². The van der Waals surface area contributed by atoms with Crippen molar-refractivity contribution >= 4 is 11.7 Å². The zero-order valence-corrected chi connectivity index (χ0v) is 12.2. The van der Waals surface area contributed by atoms with E-state index in [1.54, 1.807) is 18.3 Å². The van der Waals surface area contributed by atoms with Crippen LogP contribution in [0.5, 0.6) is 0 Å². The van der Waals surface area contributed by atoms with Crippen LogP contribution >= 0.6 is 0 Å². The molecule has 0 aliphatic carbocycles. The third kappa shape index (κ3) is 3.79. The number of carbonyl (C=O) groups is 1. The van der Waals surface area contributed by atoms with E-state index in [2.05, 4.69) is 10.3 Å². The topological polar surface area (TPSA) is 65.5 Å². The maximum absolute atomic E-state index is 12.3. The van der Waals surface area contributed by atoms with Crippen molar-refractivity contribution in [3.63, 3.8) is 0 Å². The second kappa shape index (κ2) is 6.85. The summed E-state index contributed by atoms with van der Waals surface area (Å²) in [5.41, 5.74) is 1.39. The Bertz CT molecular complexity index is 599. The van der Waals surface area contributed by atoms with Gasteiger partial charge in [-0.05, 0) is 17.7 Å². The Labute approximate surface area is 124 Å². The molecule has 5 nitrogen and oxygen atoms in total. The Morgan fingerprint density at radius 1 is 1.29 bits per heavy atom. The van der Waals surface area contributed by atoms with Gasteiger partial charge < -0.3 is 15.3 Å². The van der Waals surface area contributed by atoms with Crippen molar-refractivity contribution in [3.8, 4) is 0 Å². The standard InChI is InChI=1S/C16H19N3O2/c1-19(2)15-10-13(8-9-17-15)16(21)18-14(11-20)12-6-4-3-5-7-12/h3-10,14,20H,11H2,1-2H3,(H,18,21)/t14-/m0/s1. The van der Waals surface area contributed by atoms with Gasteiger partial charge >= 0.3 is 0 Å². The molecule has 1 heterocycles. The second-order valence-electron chi connectivity index (χ2n) is 4.92. The Kier molecular flexibility index (Phi) is 4.90. The van der Waals surface area contributed by atoms with Crippen LogP contribution in [0, 0.1) is 0 Å². The van der Waals surface area contributed by atoms with Crippen molar-refractivity contribution in [2.24, 2.45) is 0 Å². The van der Waals surface area contributed by atoms with Crippen LogP contribution in [0.1, 0.15) is 22.0 Å². The first-order chi connectivity index (χ1) is 10.1. The molecular formula is C16H19N3O2. The summed E-state index contributed by atoms with van der Waals surface area (Å²) in [5, 5.41) is 12.3. The highest BCUT2D eigenvalue weighted by Crippen LogP contribution is 2.14. The zero-order chi connectivity index (χ0) is 15.2. The smallest absolute Gasteiger partial charge is 0.252 e. The third-order valence-electron chi connectivity index (χ3n) is 3.16. The van der Waals surface area contributed by atoms with E-state index < -0.39 is 6.04 Å². The van der Waals surface area contributed by atoms with Crippen LogP contribution < -0.4 is 10.2 Å². The van der Waals surface area contributed by atoms with Crippen LogP contribution in [-0.2, 0) is 0 Å². The number of nitrogens with zero attached hydrogens (tertiary/aromatic N) is 2. The number of hydrogen-bond acceptors (Lipinski definition) is 4. The second-order valence-corrected chi connectivity index (χ2v) is 4.92. The fraction of sp³-hybridized carbons (Fsp3) is 0.250. The van der Waals surface area contributed by atoms with Crippen LogP contribution in [0.4, 0.5) is 5.82 Å². The summed E-state index contributed by atoms with van der Waals surface area (Å²) in [6, 6.07) is 12.3. The number of hydrogen-bond donors (Lipinski definition) is 2. The van der Waals surface area contributed by atoms with Gasteiger partial charge in [-0.1, -0.05) is 30.3 Å². The van der Waals surface area contributed by atoms with E-state index in [1.807, 2.05) is 49.3 Å². The molecule has 1 atom stereocenters. The van der Waals surface area contributed by atoms with E-state index in [0.717, 1.165) is 5.56 Å².